The number of methoxy groups -OCH3 is 1. The Morgan fingerprint density at radius 1 is 1.00 bits per heavy atom. The summed E-state index contributed by atoms with van der Waals surface area (Å²) in [4.78, 5) is 0. The summed E-state index contributed by atoms with van der Waals surface area (Å²) in [6.07, 6.45) is 0. The molecule has 2 heterocycles. The van der Waals surface area contributed by atoms with Crippen molar-refractivity contribution < 1.29 is 16.8 Å². The van der Waals surface area contributed by atoms with Crippen molar-refractivity contribution in [3.63, 3.8) is 0 Å². The van der Waals surface area contributed by atoms with Crippen LogP contribution in [0.25, 0.3) is 0 Å². The van der Waals surface area contributed by atoms with E-state index in [0.717, 1.165) is 25.8 Å². The summed E-state index contributed by atoms with van der Waals surface area (Å²) in [6, 6.07) is 10.8. The van der Waals surface area contributed by atoms with Crippen LogP contribution in [0, 0.1) is 5.82 Å². The number of hydrogen-bond acceptors (Lipinski definition) is 3. The van der Waals surface area contributed by atoms with Gasteiger partial charge in [-0.15, -0.1) is 0 Å². The van der Waals surface area contributed by atoms with Crippen molar-refractivity contribution in [1.29, 1.82) is 0 Å². The van der Waals surface area contributed by atoms with E-state index in [2.05, 4.69) is 0 Å². The van der Waals surface area contributed by atoms with E-state index in [1.165, 1.54) is 6.07 Å². The molecule has 0 saturated heterocycles. The van der Waals surface area contributed by atoms with Crippen LogP contribution in [0.5, 0.6) is 5.75 Å². The van der Waals surface area contributed by atoms with Crippen molar-refractivity contribution in [2.24, 2.45) is 0 Å². The molecule has 5 heteroatoms. The van der Waals surface area contributed by atoms with E-state index in [0.29, 0.717) is 13.2 Å². The van der Waals surface area contributed by atoms with Gasteiger partial charge in [-0.1, -0.05) is 0 Å². The fraction of sp³-hybridized carbons (Fsp3) is 0.200. The third-order valence-corrected chi connectivity index (χ3v) is 9.62. The Bertz CT molecular complexity index is 704. The SMILES string of the molecule is COc1ccc2c(c1)CO[Se@@]21OCc2cc(F)ccc21. The van der Waals surface area contributed by atoms with Gasteiger partial charge in [-0.05, 0) is 0 Å². The number of fused-ring (bicyclic) bond motifs is 4. The van der Waals surface area contributed by atoms with E-state index in [-0.39, 0.29) is 5.82 Å². The first-order chi connectivity index (χ1) is 9.73. The topological polar surface area (TPSA) is 27.7 Å². The molecule has 0 unspecified atom stereocenters. The average Bonchev–Trinajstić information content (AvgIpc) is 3.02. The molecule has 2 aromatic rings. The third-order valence-electron chi connectivity index (χ3n) is 3.63. The van der Waals surface area contributed by atoms with Crippen LogP contribution in [0.3, 0.4) is 0 Å². The Labute approximate surface area is 119 Å². The van der Waals surface area contributed by atoms with Gasteiger partial charge in [-0.2, -0.15) is 0 Å². The quantitative estimate of drug-likeness (QED) is 0.736. The van der Waals surface area contributed by atoms with Gasteiger partial charge in [0.2, 0.25) is 0 Å². The second kappa shape index (κ2) is 4.30. The van der Waals surface area contributed by atoms with E-state index >= 15 is 0 Å². The second-order valence-corrected chi connectivity index (χ2v) is 9.70. The zero-order chi connectivity index (χ0) is 13.7. The zero-order valence-corrected chi connectivity index (χ0v) is 12.6. The van der Waals surface area contributed by atoms with Crippen LogP contribution < -0.4 is 13.7 Å². The minimum atomic E-state index is -2.80. The number of ether oxygens (including phenoxy) is 1. The molecule has 2 aromatic carbocycles. The van der Waals surface area contributed by atoms with Crippen LogP contribution in [0.15, 0.2) is 36.4 Å². The van der Waals surface area contributed by atoms with Crippen LogP contribution in [-0.2, 0) is 20.9 Å². The second-order valence-electron chi connectivity index (χ2n) is 4.75. The monoisotopic (exact) mass is 340 g/mol. The molecule has 0 aromatic heterocycles. The summed E-state index contributed by atoms with van der Waals surface area (Å²) in [5, 5.41) is 0. The van der Waals surface area contributed by atoms with E-state index in [1.54, 1.807) is 13.2 Å². The van der Waals surface area contributed by atoms with Crippen LogP contribution in [0.1, 0.15) is 11.1 Å². The Balaban J connectivity index is 1.88. The number of halogens is 1. The van der Waals surface area contributed by atoms with Crippen molar-refractivity contribution in [2.75, 3.05) is 7.11 Å². The maximum atomic E-state index is 13.3. The number of benzene rings is 2. The molecule has 0 radical (unpaired) electrons. The van der Waals surface area contributed by atoms with Crippen molar-refractivity contribution in [2.45, 2.75) is 13.2 Å². The van der Waals surface area contributed by atoms with Crippen molar-refractivity contribution in [3.8, 4) is 5.75 Å². The molecule has 2 aliphatic rings. The van der Waals surface area contributed by atoms with Crippen LogP contribution in [0.4, 0.5) is 4.39 Å². The molecule has 0 aliphatic carbocycles. The average molecular weight is 339 g/mol. The van der Waals surface area contributed by atoms with Gasteiger partial charge in [0.25, 0.3) is 0 Å². The van der Waals surface area contributed by atoms with Crippen LogP contribution >= 0.6 is 0 Å². The predicted octanol–water partition coefficient (Wildman–Crippen LogP) is 1.45. The first-order valence-electron chi connectivity index (χ1n) is 6.30. The van der Waals surface area contributed by atoms with Gasteiger partial charge in [0.1, 0.15) is 0 Å². The maximum absolute atomic E-state index is 13.3. The third kappa shape index (κ3) is 1.58. The molecular formula is C15H13FO3Se. The molecule has 0 saturated carbocycles. The van der Waals surface area contributed by atoms with E-state index in [9.17, 15) is 4.39 Å². The van der Waals surface area contributed by atoms with Gasteiger partial charge in [-0.3, -0.25) is 0 Å². The normalized spacial score (nSPS) is 22.9. The predicted molar refractivity (Wildman–Crippen MR) is 74.0 cm³/mol. The van der Waals surface area contributed by atoms with Crippen molar-refractivity contribution >= 4 is 22.4 Å². The Morgan fingerprint density at radius 3 is 2.35 bits per heavy atom. The first-order valence-corrected chi connectivity index (χ1v) is 9.42. The summed E-state index contributed by atoms with van der Waals surface area (Å²) in [5.74, 6) is 0.591. The molecule has 3 nitrogen and oxygen atoms in total. The Hall–Kier alpha value is -1.39. The fourth-order valence-corrected chi connectivity index (χ4v) is 8.59. The molecule has 2 aliphatic heterocycles. The van der Waals surface area contributed by atoms with Crippen molar-refractivity contribution in [1.82, 2.24) is 0 Å². The van der Waals surface area contributed by atoms with Gasteiger partial charge in [0.15, 0.2) is 0 Å². The molecular weight excluding hydrogens is 326 g/mol. The summed E-state index contributed by atoms with van der Waals surface area (Å²) < 4.78 is 32.9. The molecule has 1 spiro atoms. The molecule has 104 valence electrons. The van der Waals surface area contributed by atoms with E-state index in [1.807, 2.05) is 24.3 Å². The van der Waals surface area contributed by atoms with Crippen LogP contribution in [-0.4, -0.2) is 20.6 Å². The molecule has 0 bridgehead atoms. The molecule has 1 atom stereocenters. The Morgan fingerprint density at radius 2 is 1.65 bits per heavy atom. The van der Waals surface area contributed by atoms with E-state index in [4.69, 9.17) is 12.4 Å². The van der Waals surface area contributed by atoms with Gasteiger partial charge in [0, 0.05) is 0 Å². The molecule has 4 rings (SSSR count). The number of hydrogen-bond donors (Lipinski definition) is 0. The minimum absolute atomic E-state index is 0.227. The molecule has 0 amide bonds. The van der Waals surface area contributed by atoms with Crippen molar-refractivity contribution in [3.05, 3.63) is 53.3 Å². The van der Waals surface area contributed by atoms with Crippen LogP contribution in [0.2, 0.25) is 0 Å². The summed E-state index contributed by atoms with van der Waals surface area (Å²) in [7, 11) is 1.65. The number of rotatable bonds is 1. The summed E-state index contributed by atoms with van der Waals surface area (Å²) in [5.41, 5.74) is 2.02. The van der Waals surface area contributed by atoms with Gasteiger partial charge >= 0.3 is 119 Å². The van der Waals surface area contributed by atoms with Gasteiger partial charge < -0.3 is 0 Å². The van der Waals surface area contributed by atoms with Gasteiger partial charge in [0.05, 0.1) is 0 Å². The first kappa shape index (κ1) is 12.4. The van der Waals surface area contributed by atoms with Gasteiger partial charge in [-0.25, -0.2) is 0 Å². The summed E-state index contributed by atoms with van der Waals surface area (Å²) >= 11 is -2.80. The molecule has 0 fully saturated rings. The zero-order valence-electron chi connectivity index (χ0n) is 10.9. The standard InChI is InChI=1S/C15H13FO3Se/c1-17-13-3-5-15-11(7-13)9-19-20(15)14-4-2-12(16)6-10(14)8-18-20/h2-7H,8-9H2,1H3. The Kier molecular flexibility index (Phi) is 2.66. The summed E-state index contributed by atoms with van der Waals surface area (Å²) in [6.45, 7) is 0.960. The molecule has 0 N–H and O–H groups in total. The molecule has 20 heavy (non-hydrogen) atoms. The van der Waals surface area contributed by atoms with E-state index < -0.39 is 13.5 Å². The fourth-order valence-electron chi connectivity index (χ4n) is 2.68.